The Kier molecular flexibility index (Phi) is 6.45. The molecule has 8 nitrogen and oxygen atoms in total. The van der Waals surface area contributed by atoms with Crippen LogP contribution in [0.3, 0.4) is 0 Å². The van der Waals surface area contributed by atoms with Crippen molar-refractivity contribution in [1.29, 1.82) is 0 Å². The van der Waals surface area contributed by atoms with E-state index in [0.29, 0.717) is 45.3 Å². The molecule has 0 fully saturated rings. The van der Waals surface area contributed by atoms with E-state index in [2.05, 4.69) is 21.3 Å². The third kappa shape index (κ3) is 4.87. The number of ketones is 2. The Morgan fingerprint density at radius 3 is 1.18 bits per heavy atom. The van der Waals surface area contributed by atoms with Crippen LogP contribution in [0, 0.1) is 0 Å². The number of anilines is 6. The number of benzene rings is 4. The minimum Gasteiger partial charge on any atom is -0.355 e. The summed E-state index contributed by atoms with van der Waals surface area (Å²) >= 11 is 0. The van der Waals surface area contributed by atoms with E-state index in [9.17, 15) is 19.2 Å². The number of hydrogen-bond donors (Lipinski definition) is 4. The van der Waals surface area contributed by atoms with Gasteiger partial charge in [-0.1, -0.05) is 24.3 Å². The molecule has 188 valence electrons. The topological polar surface area (TPSA) is 116 Å². The van der Waals surface area contributed by atoms with Gasteiger partial charge in [-0.15, -0.1) is 0 Å². The molecular weight excluding hydrogens is 480 g/mol. The van der Waals surface area contributed by atoms with Crippen molar-refractivity contribution >= 4 is 57.5 Å². The molecule has 0 atom stereocenters. The van der Waals surface area contributed by atoms with E-state index in [-0.39, 0.29) is 34.5 Å². The summed E-state index contributed by atoms with van der Waals surface area (Å²) in [6.45, 7) is 2.87. The maximum Gasteiger partial charge on any atom is 0.221 e. The highest BCUT2D eigenvalue weighted by molar-refractivity contribution is 6.32. The van der Waals surface area contributed by atoms with Crippen LogP contribution in [0.4, 0.5) is 34.1 Å². The quantitative estimate of drug-likeness (QED) is 0.230. The van der Waals surface area contributed by atoms with Gasteiger partial charge in [0.05, 0.1) is 22.5 Å². The van der Waals surface area contributed by atoms with Crippen LogP contribution in [0.1, 0.15) is 45.7 Å². The summed E-state index contributed by atoms with van der Waals surface area (Å²) in [6, 6.07) is 24.4. The monoisotopic (exact) mass is 504 g/mol. The summed E-state index contributed by atoms with van der Waals surface area (Å²) in [7, 11) is 0. The minimum atomic E-state index is -0.253. The fraction of sp³-hybridized carbons (Fsp3) is 0.0667. The van der Waals surface area contributed by atoms with E-state index < -0.39 is 0 Å². The highest BCUT2D eigenvalue weighted by atomic mass is 16.2. The first-order chi connectivity index (χ1) is 18.3. The van der Waals surface area contributed by atoms with Gasteiger partial charge in [-0.25, -0.2) is 0 Å². The molecule has 0 saturated heterocycles. The van der Waals surface area contributed by atoms with Gasteiger partial charge >= 0.3 is 0 Å². The Labute approximate surface area is 219 Å². The van der Waals surface area contributed by atoms with Gasteiger partial charge in [-0.2, -0.15) is 0 Å². The zero-order valence-electron chi connectivity index (χ0n) is 20.7. The van der Waals surface area contributed by atoms with Crippen molar-refractivity contribution in [3.05, 3.63) is 107 Å². The van der Waals surface area contributed by atoms with E-state index >= 15 is 0 Å². The van der Waals surface area contributed by atoms with Crippen LogP contribution >= 0.6 is 0 Å². The second kappa shape index (κ2) is 10.0. The summed E-state index contributed by atoms with van der Waals surface area (Å²) in [4.78, 5) is 50.0. The molecule has 1 aliphatic rings. The summed E-state index contributed by atoms with van der Waals surface area (Å²) < 4.78 is 0. The van der Waals surface area contributed by atoms with Crippen LogP contribution in [-0.4, -0.2) is 23.4 Å². The van der Waals surface area contributed by atoms with Gasteiger partial charge in [0.1, 0.15) is 0 Å². The first-order valence-electron chi connectivity index (χ1n) is 11.9. The summed E-state index contributed by atoms with van der Waals surface area (Å²) in [5.74, 6) is -0.847. The molecule has 5 rings (SSSR count). The van der Waals surface area contributed by atoms with E-state index in [1.165, 1.54) is 13.8 Å². The number of nitrogens with one attached hydrogen (secondary N) is 4. The van der Waals surface area contributed by atoms with Gasteiger partial charge in [0.25, 0.3) is 0 Å². The number of amides is 2. The molecule has 0 saturated carbocycles. The van der Waals surface area contributed by atoms with Crippen LogP contribution in [0.5, 0.6) is 0 Å². The average molecular weight is 505 g/mol. The third-order valence-electron chi connectivity index (χ3n) is 6.04. The lowest BCUT2D eigenvalue weighted by Gasteiger charge is -2.24. The van der Waals surface area contributed by atoms with Gasteiger partial charge in [0, 0.05) is 47.7 Å². The summed E-state index contributed by atoms with van der Waals surface area (Å²) in [5, 5.41) is 12.0. The highest BCUT2D eigenvalue weighted by Gasteiger charge is 2.34. The Morgan fingerprint density at radius 1 is 0.500 bits per heavy atom. The van der Waals surface area contributed by atoms with Gasteiger partial charge in [-0.3, -0.25) is 19.2 Å². The first kappa shape index (κ1) is 24.5. The largest absolute Gasteiger partial charge is 0.355 e. The van der Waals surface area contributed by atoms with Gasteiger partial charge in [0.15, 0.2) is 11.6 Å². The Hall–Kier alpha value is -5.24. The molecule has 38 heavy (non-hydrogen) atoms. The minimum absolute atomic E-state index is 0.171. The molecule has 0 bridgehead atoms. The lowest BCUT2D eigenvalue weighted by atomic mass is 9.82. The second-order valence-corrected chi connectivity index (χ2v) is 8.88. The fourth-order valence-electron chi connectivity index (χ4n) is 4.42. The molecule has 0 heterocycles. The van der Waals surface area contributed by atoms with Crippen molar-refractivity contribution in [3.63, 3.8) is 0 Å². The van der Waals surface area contributed by atoms with Gasteiger partial charge in [0.2, 0.25) is 11.8 Å². The molecular formula is C30H24N4O4. The smallest absolute Gasteiger partial charge is 0.221 e. The molecule has 4 aromatic carbocycles. The molecule has 0 unspecified atom stereocenters. The predicted molar refractivity (Wildman–Crippen MR) is 148 cm³/mol. The van der Waals surface area contributed by atoms with Crippen molar-refractivity contribution in [2.45, 2.75) is 13.8 Å². The maximum atomic E-state index is 13.7. The summed E-state index contributed by atoms with van der Waals surface area (Å²) in [6.07, 6.45) is 0. The molecule has 1 aliphatic carbocycles. The third-order valence-corrected chi connectivity index (χ3v) is 6.04. The number of fused-ring (bicyclic) bond motifs is 2. The van der Waals surface area contributed by atoms with Crippen molar-refractivity contribution in [3.8, 4) is 0 Å². The molecule has 8 heteroatoms. The molecule has 0 radical (unpaired) electrons. The van der Waals surface area contributed by atoms with E-state index in [0.717, 1.165) is 0 Å². The molecule has 4 aromatic rings. The van der Waals surface area contributed by atoms with Crippen LogP contribution < -0.4 is 21.3 Å². The van der Waals surface area contributed by atoms with Crippen LogP contribution in [-0.2, 0) is 9.59 Å². The predicted octanol–water partition coefficient (Wildman–Crippen LogP) is 5.87. The molecule has 2 amide bonds. The molecule has 4 N–H and O–H groups in total. The van der Waals surface area contributed by atoms with E-state index in [4.69, 9.17) is 0 Å². The SMILES string of the molecule is CC(=O)Nc1ccc(Nc2ccc(Nc3ccc(NC(C)=O)cc3)c3c2C(=O)c2ccccc2C3=O)cc1. The lowest BCUT2D eigenvalue weighted by Crippen LogP contribution is -2.23. The lowest BCUT2D eigenvalue weighted by molar-refractivity contribution is -0.115. The van der Waals surface area contributed by atoms with E-state index in [1.807, 2.05) is 0 Å². The standard InChI is InChI=1S/C30H24N4O4/c1-17(35)31-19-7-11-21(12-8-19)33-25-15-16-26(34-22-13-9-20(10-14-22)32-18(2)36)28-27(25)29(37)23-5-3-4-6-24(23)30(28)38/h3-16,33-34H,1-2H3,(H,31,35)(H,32,36). The maximum absolute atomic E-state index is 13.7. The first-order valence-corrected chi connectivity index (χ1v) is 11.9. The van der Waals surface area contributed by atoms with Crippen molar-refractivity contribution in [2.75, 3.05) is 21.3 Å². The Balaban J connectivity index is 1.54. The zero-order chi connectivity index (χ0) is 26.8. The van der Waals surface area contributed by atoms with Gasteiger partial charge < -0.3 is 21.3 Å². The van der Waals surface area contributed by atoms with Crippen molar-refractivity contribution in [1.82, 2.24) is 0 Å². The fourth-order valence-corrected chi connectivity index (χ4v) is 4.42. The van der Waals surface area contributed by atoms with Crippen LogP contribution in [0.15, 0.2) is 84.9 Å². The Morgan fingerprint density at radius 2 is 0.842 bits per heavy atom. The molecule has 0 spiro atoms. The second-order valence-electron chi connectivity index (χ2n) is 8.88. The Bertz CT molecular complexity index is 1470. The summed E-state index contributed by atoms with van der Waals surface area (Å²) in [5.41, 5.74) is 4.92. The number of carbonyl (C=O) groups excluding carboxylic acids is 4. The number of carbonyl (C=O) groups is 4. The van der Waals surface area contributed by atoms with Crippen LogP contribution in [0.25, 0.3) is 0 Å². The van der Waals surface area contributed by atoms with Crippen molar-refractivity contribution in [2.24, 2.45) is 0 Å². The normalized spacial score (nSPS) is 11.7. The average Bonchev–Trinajstić information content (AvgIpc) is 2.89. The van der Waals surface area contributed by atoms with Crippen molar-refractivity contribution < 1.29 is 19.2 Å². The van der Waals surface area contributed by atoms with E-state index in [1.54, 1.807) is 84.9 Å². The number of hydrogen-bond acceptors (Lipinski definition) is 6. The number of rotatable bonds is 6. The highest BCUT2D eigenvalue weighted by Crippen LogP contribution is 2.38. The molecule has 0 aliphatic heterocycles. The molecule has 0 aromatic heterocycles. The zero-order valence-corrected chi connectivity index (χ0v) is 20.7. The van der Waals surface area contributed by atoms with Crippen LogP contribution in [0.2, 0.25) is 0 Å². The van der Waals surface area contributed by atoms with Gasteiger partial charge in [-0.05, 0) is 60.7 Å².